The number of hydrogen-bond acceptors (Lipinski definition) is 5. The molecule has 0 radical (unpaired) electrons. The number of hydrogen-bond donors (Lipinski definition) is 2. The van der Waals surface area contributed by atoms with Crippen LogP contribution in [0.2, 0.25) is 0 Å². The van der Waals surface area contributed by atoms with Gasteiger partial charge in [-0.25, -0.2) is 18.7 Å². The summed E-state index contributed by atoms with van der Waals surface area (Å²) in [5.74, 6) is -1.22. The van der Waals surface area contributed by atoms with Crippen LogP contribution in [-0.4, -0.2) is 31.7 Å². The Bertz CT molecular complexity index is 827. The highest BCUT2D eigenvalue weighted by atomic mass is 32.1. The van der Waals surface area contributed by atoms with Crippen molar-refractivity contribution in [1.29, 1.82) is 0 Å². The zero-order valence-electron chi connectivity index (χ0n) is 13.2. The van der Waals surface area contributed by atoms with E-state index in [1.165, 1.54) is 23.5 Å². The first-order valence-corrected chi connectivity index (χ1v) is 8.41. The third-order valence-electron chi connectivity index (χ3n) is 3.94. The summed E-state index contributed by atoms with van der Waals surface area (Å²) in [5, 5.41) is 17.2. The molecule has 0 unspecified atom stereocenters. The Morgan fingerprint density at radius 2 is 2.12 bits per heavy atom. The molecule has 3 aromatic rings. The molecule has 0 aliphatic rings. The van der Waals surface area contributed by atoms with Crippen LogP contribution < -0.4 is 5.32 Å². The zero-order chi connectivity index (χ0) is 17.3. The molecular formula is C16H17FN4O2S. The van der Waals surface area contributed by atoms with Crippen LogP contribution in [0.15, 0.2) is 30.5 Å². The van der Waals surface area contributed by atoms with Gasteiger partial charge in [-0.3, -0.25) is 0 Å². The van der Waals surface area contributed by atoms with Gasteiger partial charge in [0, 0.05) is 5.56 Å². The van der Waals surface area contributed by atoms with Crippen molar-refractivity contribution in [3.63, 3.8) is 0 Å². The van der Waals surface area contributed by atoms with Gasteiger partial charge in [0.2, 0.25) is 10.1 Å². The average Bonchev–Trinajstić information content (AvgIpc) is 3.10. The van der Waals surface area contributed by atoms with Crippen molar-refractivity contribution in [3.8, 4) is 11.3 Å². The number of halogens is 1. The minimum atomic E-state index is -0.899. The van der Waals surface area contributed by atoms with Crippen molar-refractivity contribution in [2.75, 3.05) is 5.32 Å². The number of carboxylic acids is 1. The van der Waals surface area contributed by atoms with E-state index in [9.17, 15) is 14.3 Å². The van der Waals surface area contributed by atoms with Crippen molar-refractivity contribution in [2.45, 2.75) is 26.3 Å². The first-order valence-electron chi connectivity index (χ1n) is 7.59. The number of nitrogens with zero attached hydrogens (tertiary/aromatic N) is 3. The molecule has 0 fully saturated rings. The number of nitrogens with one attached hydrogen (secondary N) is 1. The van der Waals surface area contributed by atoms with E-state index in [4.69, 9.17) is 0 Å². The molecule has 3 rings (SSSR count). The Morgan fingerprint density at radius 3 is 2.71 bits per heavy atom. The minimum absolute atomic E-state index is 0.0199. The van der Waals surface area contributed by atoms with Crippen LogP contribution >= 0.6 is 11.3 Å². The van der Waals surface area contributed by atoms with E-state index in [1.54, 1.807) is 22.8 Å². The van der Waals surface area contributed by atoms with Gasteiger partial charge in [0.05, 0.1) is 11.9 Å². The van der Waals surface area contributed by atoms with E-state index in [2.05, 4.69) is 15.4 Å². The molecule has 0 saturated carbocycles. The number of aliphatic carboxylic acids is 1. The fourth-order valence-electron chi connectivity index (χ4n) is 2.33. The summed E-state index contributed by atoms with van der Waals surface area (Å²) in [6.45, 7) is 3.84. The van der Waals surface area contributed by atoms with Crippen LogP contribution in [0, 0.1) is 11.7 Å². The molecule has 126 valence electrons. The van der Waals surface area contributed by atoms with E-state index in [1.807, 2.05) is 13.8 Å². The van der Waals surface area contributed by atoms with E-state index in [0.29, 0.717) is 15.8 Å². The molecule has 0 saturated heterocycles. The van der Waals surface area contributed by atoms with Crippen LogP contribution in [0.3, 0.4) is 0 Å². The van der Waals surface area contributed by atoms with E-state index < -0.39 is 12.0 Å². The highest BCUT2D eigenvalue weighted by molar-refractivity contribution is 7.20. The maximum atomic E-state index is 13.0. The summed E-state index contributed by atoms with van der Waals surface area (Å²) < 4.78 is 14.6. The smallest absolute Gasteiger partial charge is 0.326 e. The lowest BCUT2D eigenvalue weighted by Crippen LogP contribution is -2.35. The average molecular weight is 348 g/mol. The number of rotatable bonds is 6. The van der Waals surface area contributed by atoms with Gasteiger partial charge in [-0.2, -0.15) is 0 Å². The third-order valence-corrected chi connectivity index (χ3v) is 4.79. The maximum absolute atomic E-state index is 13.0. The summed E-state index contributed by atoms with van der Waals surface area (Å²) in [4.78, 5) is 16.5. The number of aromatic nitrogens is 3. The zero-order valence-corrected chi connectivity index (χ0v) is 14.0. The van der Waals surface area contributed by atoms with E-state index >= 15 is 0 Å². The molecule has 6 nitrogen and oxygen atoms in total. The first kappa shape index (κ1) is 16.4. The Kier molecular flexibility index (Phi) is 4.48. The molecule has 2 atom stereocenters. The second kappa shape index (κ2) is 6.56. The molecule has 2 N–H and O–H groups in total. The second-order valence-corrected chi connectivity index (χ2v) is 6.57. The molecular weight excluding hydrogens is 331 g/mol. The number of carboxylic acid groups (broad SMARTS) is 1. The maximum Gasteiger partial charge on any atom is 0.326 e. The molecule has 2 aromatic heterocycles. The summed E-state index contributed by atoms with van der Waals surface area (Å²) >= 11 is 1.28. The van der Waals surface area contributed by atoms with E-state index in [0.717, 1.165) is 12.0 Å². The minimum Gasteiger partial charge on any atom is -0.480 e. The number of imidazole rings is 1. The number of fused-ring (bicyclic) bond motifs is 1. The molecule has 2 heterocycles. The van der Waals surface area contributed by atoms with Gasteiger partial charge < -0.3 is 10.4 Å². The Hall–Kier alpha value is -2.48. The van der Waals surface area contributed by atoms with Gasteiger partial charge in [-0.1, -0.05) is 31.6 Å². The SMILES string of the molecule is CC[C@H](C)[C@H](Nc1nn2cc(-c3ccc(F)cc3)nc2s1)C(=O)O. The first-order chi connectivity index (χ1) is 11.5. The van der Waals surface area contributed by atoms with Crippen LogP contribution in [0.1, 0.15) is 20.3 Å². The van der Waals surface area contributed by atoms with Crippen molar-refractivity contribution in [2.24, 2.45) is 5.92 Å². The third kappa shape index (κ3) is 3.23. The van der Waals surface area contributed by atoms with Gasteiger partial charge >= 0.3 is 5.97 Å². The van der Waals surface area contributed by atoms with Gasteiger partial charge in [-0.05, 0) is 30.2 Å². The summed E-state index contributed by atoms with van der Waals surface area (Å²) in [6, 6.07) is 5.39. The molecule has 8 heteroatoms. The van der Waals surface area contributed by atoms with Crippen molar-refractivity contribution >= 4 is 27.4 Å². The molecule has 0 amide bonds. The van der Waals surface area contributed by atoms with Crippen LogP contribution in [0.4, 0.5) is 9.52 Å². The monoisotopic (exact) mass is 348 g/mol. The lowest BCUT2D eigenvalue weighted by atomic mass is 10.00. The predicted octanol–water partition coefficient (Wildman–Crippen LogP) is 3.51. The van der Waals surface area contributed by atoms with Gasteiger partial charge in [0.25, 0.3) is 0 Å². The largest absolute Gasteiger partial charge is 0.480 e. The quantitative estimate of drug-likeness (QED) is 0.713. The van der Waals surface area contributed by atoms with Crippen molar-refractivity contribution in [3.05, 3.63) is 36.3 Å². The molecule has 0 aliphatic carbocycles. The number of carbonyl (C=O) groups is 1. The molecule has 0 spiro atoms. The highest BCUT2D eigenvalue weighted by Gasteiger charge is 2.24. The molecule has 0 aliphatic heterocycles. The normalized spacial score (nSPS) is 13.8. The summed E-state index contributed by atoms with van der Waals surface area (Å²) in [7, 11) is 0. The predicted molar refractivity (Wildman–Crippen MR) is 90.8 cm³/mol. The van der Waals surface area contributed by atoms with Gasteiger partial charge in [-0.15, -0.1) is 5.10 Å². The summed E-state index contributed by atoms with van der Waals surface area (Å²) in [5.41, 5.74) is 1.49. The second-order valence-electron chi connectivity index (χ2n) is 5.61. The lowest BCUT2D eigenvalue weighted by Gasteiger charge is -2.19. The standard InChI is InChI=1S/C16H17FN4O2S/c1-3-9(2)13(14(22)23)19-15-20-21-8-12(18-16(21)24-15)10-4-6-11(17)7-5-10/h4-9,13H,3H2,1-2H3,(H,19,20)(H,22,23)/t9-,13-/m0/s1. The molecule has 1 aromatic carbocycles. The fraction of sp³-hybridized carbons (Fsp3) is 0.312. The Balaban J connectivity index is 1.84. The van der Waals surface area contributed by atoms with Gasteiger partial charge in [0.15, 0.2) is 0 Å². The topological polar surface area (TPSA) is 79.5 Å². The Morgan fingerprint density at radius 1 is 1.42 bits per heavy atom. The van der Waals surface area contributed by atoms with E-state index in [-0.39, 0.29) is 11.7 Å². The van der Waals surface area contributed by atoms with Crippen LogP contribution in [0.25, 0.3) is 16.2 Å². The highest BCUT2D eigenvalue weighted by Crippen LogP contribution is 2.26. The molecule has 24 heavy (non-hydrogen) atoms. The summed E-state index contributed by atoms with van der Waals surface area (Å²) in [6.07, 6.45) is 2.49. The fourth-order valence-corrected chi connectivity index (χ4v) is 3.15. The van der Waals surface area contributed by atoms with Gasteiger partial charge in [0.1, 0.15) is 11.9 Å². The van der Waals surface area contributed by atoms with Crippen molar-refractivity contribution in [1.82, 2.24) is 14.6 Å². The van der Waals surface area contributed by atoms with Crippen molar-refractivity contribution < 1.29 is 14.3 Å². The Labute approximate surface area is 142 Å². The van der Waals surface area contributed by atoms with Crippen LogP contribution in [0.5, 0.6) is 0 Å². The number of anilines is 1. The number of benzene rings is 1. The lowest BCUT2D eigenvalue weighted by molar-refractivity contribution is -0.139. The van der Waals surface area contributed by atoms with Crippen LogP contribution in [-0.2, 0) is 4.79 Å². The molecule has 0 bridgehead atoms.